The highest BCUT2D eigenvalue weighted by Crippen LogP contribution is 2.35. The van der Waals surface area contributed by atoms with Crippen molar-refractivity contribution in [3.05, 3.63) is 48.0 Å². The molecule has 0 atom stereocenters. The third-order valence-corrected chi connectivity index (χ3v) is 4.96. The van der Waals surface area contributed by atoms with E-state index in [0.717, 1.165) is 27.8 Å². The molecule has 7 heteroatoms. The van der Waals surface area contributed by atoms with Crippen LogP contribution < -0.4 is 10.5 Å². The lowest BCUT2D eigenvalue weighted by atomic mass is 10.2. The number of nitrogen functional groups attached to an aromatic ring is 1. The minimum atomic E-state index is -0.469. The van der Waals surface area contributed by atoms with Crippen LogP contribution >= 0.6 is 11.8 Å². The lowest BCUT2D eigenvalue weighted by molar-refractivity contribution is 0.0325. The third kappa shape index (κ3) is 8.06. The van der Waals surface area contributed by atoms with Gasteiger partial charge < -0.3 is 24.8 Å². The first kappa shape index (κ1) is 22.5. The van der Waals surface area contributed by atoms with Crippen molar-refractivity contribution in [3.8, 4) is 5.75 Å². The summed E-state index contributed by atoms with van der Waals surface area (Å²) in [6.07, 6.45) is 0. The van der Waals surface area contributed by atoms with E-state index in [-0.39, 0.29) is 6.61 Å². The van der Waals surface area contributed by atoms with Crippen molar-refractivity contribution in [2.24, 2.45) is 0 Å². The fourth-order valence-electron chi connectivity index (χ4n) is 2.50. The number of hydrogen-bond donors (Lipinski definition) is 1. The molecule has 2 N–H and O–H groups in total. The molecule has 0 aliphatic heterocycles. The Bertz CT molecular complexity index is 716. The highest BCUT2D eigenvalue weighted by molar-refractivity contribution is 7.99. The number of para-hydroxylation sites is 1. The Morgan fingerprint density at radius 2 is 1.64 bits per heavy atom. The normalized spacial score (nSPS) is 11.1. The Labute approximate surface area is 171 Å². The number of halogens is 1. The summed E-state index contributed by atoms with van der Waals surface area (Å²) in [4.78, 5) is 4.32. The summed E-state index contributed by atoms with van der Waals surface area (Å²) in [5.41, 5.74) is 8.04. The standard InChI is InChI=1S/C21H29FN2O3S/c1-24(2)16-17-15-18(27-14-13-26-12-11-25-10-9-22)7-8-20(17)28-21-6-4-3-5-19(21)23/h3-8,15H,9-14,16,23H2,1-2H3. The highest BCUT2D eigenvalue weighted by atomic mass is 32.2. The number of hydrogen-bond acceptors (Lipinski definition) is 6. The van der Waals surface area contributed by atoms with Gasteiger partial charge in [-0.2, -0.15) is 0 Å². The zero-order valence-electron chi connectivity index (χ0n) is 16.5. The molecule has 2 aromatic rings. The second-order valence-corrected chi connectivity index (χ2v) is 7.49. The summed E-state index contributed by atoms with van der Waals surface area (Å²) in [6.45, 7) is 2.18. The first-order chi connectivity index (χ1) is 13.6. The van der Waals surface area contributed by atoms with Crippen molar-refractivity contribution in [2.75, 3.05) is 59.5 Å². The fourth-order valence-corrected chi connectivity index (χ4v) is 3.46. The average molecular weight is 409 g/mol. The van der Waals surface area contributed by atoms with Crippen LogP contribution in [0.1, 0.15) is 5.56 Å². The van der Waals surface area contributed by atoms with E-state index in [1.165, 1.54) is 5.56 Å². The molecular weight excluding hydrogens is 379 g/mol. The molecule has 28 heavy (non-hydrogen) atoms. The Morgan fingerprint density at radius 3 is 2.36 bits per heavy atom. The van der Waals surface area contributed by atoms with E-state index in [9.17, 15) is 4.39 Å². The fraction of sp³-hybridized carbons (Fsp3) is 0.429. The second-order valence-electron chi connectivity index (χ2n) is 6.41. The van der Waals surface area contributed by atoms with Crippen LogP contribution in [-0.4, -0.2) is 58.7 Å². The van der Waals surface area contributed by atoms with Gasteiger partial charge in [0.05, 0.1) is 26.4 Å². The van der Waals surface area contributed by atoms with E-state index in [1.54, 1.807) is 11.8 Å². The van der Waals surface area contributed by atoms with Crippen molar-refractivity contribution >= 4 is 17.4 Å². The van der Waals surface area contributed by atoms with Crippen LogP contribution in [0.15, 0.2) is 52.3 Å². The Hall–Kier alpha value is -1.80. The van der Waals surface area contributed by atoms with Crippen LogP contribution in [0, 0.1) is 0 Å². The van der Waals surface area contributed by atoms with Gasteiger partial charge in [-0.05, 0) is 50.0 Å². The quantitative estimate of drug-likeness (QED) is 0.401. The average Bonchev–Trinajstić information content (AvgIpc) is 2.67. The molecule has 0 heterocycles. The van der Waals surface area contributed by atoms with Crippen molar-refractivity contribution in [2.45, 2.75) is 16.3 Å². The van der Waals surface area contributed by atoms with Crippen LogP contribution in [0.5, 0.6) is 5.75 Å². The molecular formula is C21H29FN2O3S. The molecule has 0 spiro atoms. The minimum Gasteiger partial charge on any atom is -0.491 e. The molecule has 0 fully saturated rings. The first-order valence-electron chi connectivity index (χ1n) is 9.24. The molecule has 5 nitrogen and oxygen atoms in total. The number of nitrogens with two attached hydrogens (primary N) is 1. The van der Waals surface area contributed by atoms with Crippen molar-refractivity contribution in [3.63, 3.8) is 0 Å². The maximum atomic E-state index is 11.9. The van der Waals surface area contributed by atoms with E-state index < -0.39 is 6.67 Å². The summed E-state index contributed by atoms with van der Waals surface area (Å²) >= 11 is 1.66. The van der Waals surface area contributed by atoms with Gasteiger partial charge in [-0.1, -0.05) is 23.9 Å². The molecule has 0 aromatic heterocycles. The molecule has 0 bridgehead atoms. The number of nitrogens with zero attached hydrogens (tertiary/aromatic N) is 1. The van der Waals surface area contributed by atoms with Crippen LogP contribution in [0.3, 0.4) is 0 Å². The van der Waals surface area contributed by atoms with E-state index in [4.69, 9.17) is 19.9 Å². The Balaban J connectivity index is 1.91. The molecule has 0 saturated heterocycles. The van der Waals surface area contributed by atoms with Crippen LogP contribution in [0.4, 0.5) is 10.1 Å². The predicted molar refractivity (Wildman–Crippen MR) is 112 cm³/mol. The van der Waals surface area contributed by atoms with Gasteiger partial charge in [0.1, 0.15) is 19.0 Å². The zero-order valence-corrected chi connectivity index (χ0v) is 17.3. The summed E-state index contributed by atoms with van der Waals surface area (Å²) in [6, 6.07) is 14.0. The minimum absolute atomic E-state index is 0.119. The molecule has 0 amide bonds. The number of ether oxygens (including phenoxy) is 3. The Morgan fingerprint density at radius 1 is 0.929 bits per heavy atom. The van der Waals surface area contributed by atoms with Crippen LogP contribution in [0.25, 0.3) is 0 Å². The SMILES string of the molecule is CN(C)Cc1cc(OCCOCCOCCF)ccc1Sc1ccccc1N. The van der Waals surface area contributed by atoms with Gasteiger partial charge in [0.25, 0.3) is 0 Å². The summed E-state index contributed by atoms with van der Waals surface area (Å²) in [5, 5.41) is 0. The number of anilines is 1. The van der Waals surface area contributed by atoms with Gasteiger partial charge in [-0.15, -0.1) is 0 Å². The topological polar surface area (TPSA) is 57.0 Å². The maximum Gasteiger partial charge on any atom is 0.119 e. The zero-order chi connectivity index (χ0) is 20.2. The maximum absolute atomic E-state index is 11.9. The van der Waals surface area contributed by atoms with Crippen molar-refractivity contribution in [1.29, 1.82) is 0 Å². The second kappa shape index (κ2) is 12.6. The van der Waals surface area contributed by atoms with Crippen LogP contribution in [0.2, 0.25) is 0 Å². The number of alkyl halides is 1. The van der Waals surface area contributed by atoms with E-state index in [1.807, 2.05) is 44.4 Å². The molecule has 0 radical (unpaired) electrons. The van der Waals surface area contributed by atoms with Crippen molar-refractivity contribution in [1.82, 2.24) is 4.90 Å². The largest absolute Gasteiger partial charge is 0.491 e. The monoisotopic (exact) mass is 408 g/mol. The number of benzene rings is 2. The molecule has 154 valence electrons. The molecule has 0 aliphatic rings. The van der Waals surface area contributed by atoms with Gasteiger partial charge in [0, 0.05) is 22.0 Å². The first-order valence-corrected chi connectivity index (χ1v) is 10.1. The van der Waals surface area contributed by atoms with E-state index in [0.29, 0.717) is 26.4 Å². The molecule has 2 rings (SSSR count). The molecule has 0 aliphatic carbocycles. The van der Waals surface area contributed by atoms with Crippen LogP contribution in [-0.2, 0) is 16.0 Å². The number of rotatable bonds is 13. The van der Waals surface area contributed by atoms with E-state index >= 15 is 0 Å². The predicted octanol–water partition coefficient (Wildman–Crippen LogP) is 3.86. The van der Waals surface area contributed by atoms with Crippen molar-refractivity contribution < 1.29 is 18.6 Å². The van der Waals surface area contributed by atoms with E-state index in [2.05, 4.69) is 17.0 Å². The summed E-state index contributed by atoms with van der Waals surface area (Å²) in [7, 11) is 4.08. The lowest BCUT2D eigenvalue weighted by Gasteiger charge is -2.16. The molecule has 2 aromatic carbocycles. The lowest BCUT2D eigenvalue weighted by Crippen LogP contribution is -2.13. The highest BCUT2D eigenvalue weighted by Gasteiger charge is 2.09. The summed E-state index contributed by atoms with van der Waals surface area (Å²) in [5.74, 6) is 0.805. The third-order valence-electron chi connectivity index (χ3n) is 3.75. The molecule has 0 unspecified atom stereocenters. The Kier molecular flexibility index (Phi) is 10.1. The van der Waals surface area contributed by atoms with Gasteiger partial charge in [0.2, 0.25) is 0 Å². The van der Waals surface area contributed by atoms with Gasteiger partial charge in [0.15, 0.2) is 0 Å². The molecule has 0 saturated carbocycles. The smallest absolute Gasteiger partial charge is 0.119 e. The van der Waals surface area contributed by atoms with Gasteiger partial charge >= 0.3 is 0 Å². The summed E-state index contributed by atoms with van der Waals surface area (Å²) < 4.78 is 28.1. The van der Waals surface area contributed by atoms with Gasteiger partial charge in [-0.3, -0.25) is 0 Å². The van der Waals surface area contributed by atoms with Gasteiger partial charge in [-0.25, -0.2) is 4.39 Å².